The summed E-state index contributed by atoms with van der Waals surface area (Å²) < 4.78 is 0. The monoisotopic (exact) mass is 100 g/mol. The van der Waals surface area contributed by atoms with E-state index in [4.69, 9.17) is 20.3 Å². The molecular weight excluding hydrogens is 96.8 g/mol. The van der Waals surface area contributed by atoms with Gasteiger partial charge in [0.1, 0.15) is 0 Å². The molecule has 0 aliphatic carbocycles. The third-order valence-corrected chi connectivity index (χ3v) is 0. The van der Waals surface area contributed by atoms with Gasteiger partial charge in [0.05, 0.1) is 6.07 Å². The highest BCUT2D eigenvalue weighted by Crippen LogP contribution is 1.21. The van der Waals surface area contributed by atoms with Gasteiger partial charge in [-0.1, -0.05) is 0 Å². The van der Waals surface area contributed by atoms with Crippen LogP contribution in [0, 0.1) is 11.3 Å². The van der Waals surface area contributed by atoms with Crippen molar-refractivity contribution in [3.8, 4) is 6.07 Å². The summed E-state index contributed by atoms with van der Waals surface area (Å²) in [7, 11) is -2.92. The summed E-state index contributed by atoms with van der Waals surface area (Å²) in [5.41, 5.74) is 0. The Hall–Kier alpha value is -0.565. The Morgan fingerprint density at radius 2 is 1.43 bits per heavy atom. The van der Waals surface area contributed by atoms with E-state index < -0.39 is 7.32 Å². The fourth-order valence-electron chi connectivity index (χ4n) is 0. The second-order valence-corrected chi connectivity index (χ2v) is 0.512. The maximum absolute atomic E-state index is 8.42. The molecule has 0 aromatic heterocycles. The van der Waals surface area contributed by atoms with Gasteiger partial charge in [-0.2, -0.15) is 5.26 Å². The molecule has 0 saturated heterocycles. The average molecular weight is 99.9 g/mol. The zero-order chi connectivity index (χ0) is 6.28. The Balaban J connectivity index is 0. The molecule has 0 aliphatic rings. The lowest BCUT2D eigenvalue weighted by atomic mass is 10.3. The van der Waals surface area contributed by atoms with Crippen molar-refractivity contribution in [2.45, 2.75) is 6.92 Å². The Morgan fingerprint density at radius 3 is 1.43 bits per heavy atom. The standard InChI is InChI=1S/C2H3N.BO3/c1-2-3;2-1(3)4/h1H3;/q;-3. The topological polar surface area (TPSA) is 93.0 Å². The summed E-state index contributed by atoms with van der Waals surface area (Å²) in [6, 6.07) is 1.75. The molecule has 7 heavy (non-hydrogen) atoms. The van der Waals surface area contributed by atoms with Gasteiger partial charge in [0, 0.05) is 6.92 Å². The minimum atomic E-state index is -2.92. The van der Waals surface area contributed by atoms with Crippen LogP contribution in [0.15, 0.2) is 0 Å². The number of rotatable bonds is 0. The molecule has 40 valence electrons. The molecule has 0 aromatic carbocycles. The van der Waals surface area contributed by atoms with E-state index in [-0.39, 0.29) is 0 Å². The fourth-order valence-corrected chi connectivity index (χ4v) is 0. The van der Waals surface area contributed by atoms with Gasteiger partial charge in [0.15, 0.2) is 0 Å². The van der Waals surface area contributed by atoms with Crippen LogP contribution in [0.5, 0.6) is 0 Å². The van der Waals surface area contributed by atoms with E-state index in [9.17, 15) is 0 Å². The smallest absolute Gasteiger partial charge is 0.0587 e. The predicted molar refractivity (Wildman–Crippen MR) is 17.0 cm³/mol. The first-order chi connectivity index (χ1) is 3.15. The van der Waals surface area contributed by atoms with Crippen molar-refractivity contribution >= 4 is 7.32 Å². The first-order valence-corrected chi connectivity index (χ1v) is 1.43. The van der Waals surface area contributed by atoms with E-state index in [2.05, 4.69) is 0 Å². The van der Waals surface area contributed by atoms with Gasteiger partial charge in [-0.3, -0.25) is 7.32 Å². The lowest BCUT2D eigenvalue weighted by molar-refractivity contribution is -0.479. The van der Waals surface area contributed by atoms with Gasteiger partial charge in [0.25, 0.3) is 0 Å². The first kappa shape index (κ1) is 9.66. The molecule has 0 fully saturated rings. The van der Waals surface area contributed by atoms with Crippen LogP contribution in [-0.2, 0) is 0 Å². The van der Waals surface area contributed by atoms with Crippen molar-refractivity contribution in [3.05, 3.63) is 0 Å². The van der Waals surface area contributed by atoms with Gasteiger partial charge in [-0.05, 0) is 0 Å². The van der Waals surface area contributed by atoms with Crippen molar-refractivity contribution < 1.29 is 15.1 Å². The van der Waals surface area contributed by atoms with E-state index in [0.717, 1.165) is 0 Å². The van der Waals surface area contributed by atoms with Crippen molar-refractivity contribution in [1.82, 2.24) is 0 Å². The number of hydrogen-bond acceptors (Lipinski definition) is 4. The predicted octanol–water partition coefficient (Wildman–Crippen LogP) is -3.42. The molecule has 0 bridgehead atoms. The molecule has 0 rings (SSSR count). The second-order valence-electron chi connectivity index (χ2n) is 0.512. The zero-order valence-corrected chi connectivity index (χ0v) is 3.75. The number of nitrogens with zero attached hydrogens (tertiary/aromatic N) is 1. The van der Waals surface area contributed by atoms with Crippen molar-refractivity contribution in [2.75, 3.05) is 0 Å². The van der Waals surface area contributed by atoms with E-state index in [1.165, 1.54) is 6.92 Å². The van der Waals surface area contributed by atoms with Gasteiger partial charge in [0.2, 0.25) is 0 Å². The highest BCUT2D eigenvalue weighted by atomic mass is 16.5. The van der Waals surface area contributed by atoms with Crippen LogP contribution in [0.1, 0.15) is 6.92 Å². The minimum Gasteiger partial charge on any atom is -0.907 e. The molecule has 0 aliphatic heterocycles. The second kappa shape index (κ2) is 9.06. The van der Waals surface area contributed by atoms with E-state index >= 15 is 0 Å². The molecule has 0 amide bonds. The Morgan fingerprint density at radius 1 is 1.43 bits per heavy atom. The van der Waals surface area contributed by atoms with E-state index in [0.29, 0.717) is 0 Å². The molecule has 0 aromatic rings. The minimum absolute atomic E-state index is 1.43. The van der Waals surface area contributed by atoms with Gasteiger partial charge < -0.3 is 15.1 Å². The summed E-state index contributed by atoms with van der Waals surface area (Å²) >= 11 is 0. The summed E-state index contributed by atoms with van der Waals surface area (Å²) in [6.07, 6.45) is 0. The van der Waals surface area contributed by atoms with Gasteiger partial charge >= 0.3 is 0 Å². The Labute approximate surface area is 41.8 Å². The first-order valence-electron chi connectivity index (χ1n) is 1.43. The number of nitriles is 1. The quantitative estimate of drug-likeness (QED) is 0.296. The zero-order valence-electron chi connectivity index (χ0n) is 3.75. The maximum atomic E-state index is 8.42. The van der Waals surface area contributed by atoms with Crippen LogP contribution < -0.4 is 15.1 Å². The van der Waals surface area contributed by atoms with Crippen molar-refractivity contribution in [2.24, 2.45) is 0 Å². The van der Waals surface area contributed by atoms with Crippen LogP contribution in [-0.4, -0.2) is 7.32 Å². The summed E-state index contributed by atoms with van der Waals surface area (Å²) in [4.78, 5) is 0. The number of hydrogen-bond donors (Lipinski definition) is 0. The lowest BCUT2D eigenvalue weighted by Gasteiger charge is -2.35. The Kier molecular flexibility index (Phi) is 12.5. The molecule has 0 saturated carbocycles. The van der Waals surface area contributed by atoms with Gasteiger partial charge in [-0.25, -0.2) is 0 Å². The third-order valence-electron chi connectivity index (χ3n) is 0. The van der Waals surface area contributed by atoms with Crippen LogP contribution in [0.4, 0.5) is 0 Å². The van der Waals surface area contributed by atoms with Crippen LogP contribution in [0.3, 0.4) is 0 Å². The molecule has 4 nitrogen and oxygen atoms in total. The van der Waals surface area contributed by atoms with Crippen LogP contribution in [0.2, 0.25) is 0 Å². The summed E-state index contributed by atoms with van der Waals surface area (Å²) in [5.74, 6) is 0. The lowest BCUT2D eigenvalue weighted by Crippen LogP contribution is -2.56. The summed E-state index contributed by atoms with van der Waals surface area (Å²) in [5, 5.41) is 32.6. The summed E-state index contributed by atoms with van der Waals surface area (Å²) in [6.45, 7) is 1.43. The van der Waals surface area contributed by atoms with Crippen molar-refractivity contribution in [1.29, 1.82) is 5.26 Å². The molecule has 0 unspecified atom stereocenters. The maximum Gasteiger partial charge on any atom is 0.0587 e. The largest absolute Gasteiger partial charge is 0.907 e. The van der Waals surface area contributed by atoms with E-state index in [1.54, 1.807) is 6.07 Å². The molecular formula is C2H3BNO3-3. The molecule has 0 spiro atoms. The average Bonchev–Trinajstić information content (AvgIpc) is 1.33. The Bertz CT molecular complexity index is 55.7. The highest BCUT2D eigenvalue weighted by Gasteiger charge is 1.17. The highest BCUT2D eigenvalue weighted by molar-refractivity contribution is 6.24. The molecule has 0 atom stereocenters. The van der Waals surface area contributed by atoms with Gasteiger partial charge in [-0.15, -0.1) is 0 Å². The van der Waals surface area contributed by atoms with Crippen molar-refractivity contribution in [3.63, 3.8) is 0 Å². The van der Waals surface area contributed by atoms with E-state index in [1.807, 2.05) is 0 Å². The molecule has 0 heterocycles. The third kappa shape index (κ3) is 201. The molecule has 5 heteroatoms. The SMILES string of the molecule is CC#N.[O-]B([O-])[O-]. The fraction of sp³-hybridized carbons (Fsp3) is 0.500. The normalized spacial score (nSPS) is 5.00. The molecule has 0 radical (unpaired) electrons. The molecule has 0 N–H and O–H groups in total. The van der Waals surface area contributed by atoms with Crippen LogP contribution in [0.25, 0.3) is 0 Å². The van der Waals surface area contributed by atoms with Crippen LogP contribution >= 0.6 is 0 Å².